The van der Waals surface area contributed by atoms with E-state index in [9.17, 15) is 12.8 Å². The Bertz CT molecular complexity index is 497. The lowest BCUT2D eigenvalue weighted by molar-refractivity contribution is 0.290. The number of sulfonamides is 1. The van der Waals surface area contributed by atoms with Crippen LogP contribution in [0.3, 0.4) is 0 Å². The van der Waals surface area contributed by atoms with Crippen LogP contribution in [0.25, 0.3) is 0 Å². The molecule has 1 aromatic carbocycles. The van der Waals surface area contributed by atoms with Crippen LogP contribution in [0.15, 0.2) is 23.1 Å². The number of hydrogen-bond donors (Lipinski definition) is 1. The van der Waals surface area contributed by atoms with Crippen molar-refractivity contribution in [3.63, 3.8) is 0 Å². The predicted molar refractivity (Wildman–Crippen MR) is 56.0 cm³/mol. The average molecular weight is 245 g/mol. The zero-order valence-corrected chi connectivity index (χ0v) is 9.34. The molecule has 16 heavy (non-hydrogen) atoms. The minimum atomic E-state index is -3.87. The van der Waals surface area contributed by atoms with Crippen LogP contribution < -0.4 is 9.88 Å². The number of rotatable bonds is 4. The van der Waals surface area contributed by atoms with E-state index in [0.29, 0.717) is 12.5 Å². The van der Waals surface area contributed by atoms with E-state index < -0.39 is 15.8 Å². The Kier molecular flexibility index (Phi) is 2.86. The van der Waals surface area contributed by atoms with Crippen LogP contribution in [-0.4, -0.2) is 15.0 Å². The van der Waals surface area contributed by atoms with Crippen molar-refractivity contribution in [3.05, 3.63) is 24.0 Å². The third-order valence-corrected chi connectivity index (χ3v) is 3.33. The standard InChI is InChI=1S/C10H12FNO3S/c11-8-3-4-10(16(12,13)14)9(5-8)15-6-7-1-2-7/h3-5,7H,1-2,6H2,(H2,12,13,14). The molecule has 0 bridgehead atoms. The van der Waals surface area contributed by atoms with Gasteiger partial charge in [-0.05, 0) is 30.9 Å². The van der Waals surface area contributed by atoms with Crippen molar-refractivity contribution in [2.45, 2.75) is 17.7 Å². The quantitative estimate of drug-likeness (QED) is 0.868. The summed E-state index contributed by atoms with van der Waals surface area (Å²) in [6.45, 7) is 0.409. The Balaban J connectivity index is 2.27. The zero-order valence-electron chi connectivity index (χ0n) is 8.52. The van der Waals surface area contributed by atoms with Gasteiger partial charge in [-0.3, -0.25) is 0 Å². The number of primary sulfonamides is 1. The van der Waals surface area contributed by atoms with E-state index in [-0.39, 0.29) is 10.6 Å². The fraction of sp³-hybridized carbons (Fsp3) is 0.400. The topological polar surface area (TPSA) is 69.4 Å². The highest BCUT2D eigenvalue weighted by molar-refractivity contribution is 7.89. The fourth-order valence-corrected chi connectivity index (χ4v) is 1.98. The van der Waals surface area contributed by atoms with Crippen LogP contribution in [-0.2, 0) is 10.0 Å². The summed E-state index contributed by atoms with van der Waals surface area (Å²) >= 11 is 0. The first kappa shape index (κ1) is 11.3. The molecule has 2 rings (SSSR count). The molecule has 88 valence electrons. The largest absolute Gasteiger partial charge is 0.492 e. The summed E-state index contributed by atoms with van der Waals surface area (Å²) in [5.74, 6) is -0.0933. The molecule has 0 aliphatic heterocycles. The van der Waals surface area contributed by atoms with E-state index in [0.717, 1.165) is 31.0 Å². The molecule has 4 nitrogen and oxygen atoms in total. The second kappa shape index (κ2) is 4.03. The molecule has 6 heteroatoms. The van der Waals surface area contributed by atoms with Gasteiger partial charge >= 0.3 is 0 Å². The van der Waals surface area contributed by atoms with Crippen molar-refractivity contribution < 1.29 is 17.5 Å². The van der Waals surface area contributed by atoms with Crippen LogP contribution in [0.5, 0.6) is 5.75 Å². The molecule has 1 aliphatic rings. The fourth-order valence-electron chi connectivity index (χ4n) is 1.32. The van der Waals surface area contributed by atoms with Gasteiger partial charge in [0, 0.05) is 6.07 Å². The molecule has 0 aromatic heterocycles. The summed E-state index contributed by atoms with van der Waals surface area (Å²) in [7, 11) is -3.87. The van der Waals surface area contributed by atoms with Gasteiger partial charge in [0.05, 0.1) is 6.61 Å². The summed E-state index contributed by atoms with van der Waals surface area (Å²) in [5.41, 5.74) is 0. The third-order valence-electron chi connectivity index (χ3n) is 2.38. The lowest BCUT2D eigenvalue weighted by Crippen LogP contribution is -2.14. The number of ether oxygens (including phenoxy) is 1. The maximum atomic E-state index is 13.0. The van der Waals surface area contributed by atoms with Gasteiger partial charge < -0.3 is 4.74 Å². The van der Waals surface area contributed by atoms with Crippen molar-refractivity contribution in [2.75, 3.05) is 6.61 Å². The molecule has 1 aromatic rings. The Labute approximate surface area is 93.3 Å². The van der Waals surface area contributed by atoms with Gasteiger partial charge in [0.25, 0.3) is 0 Å². The first-order chi connectivity index (χ1) is 7.47. The van der Waals surface area contributed by atoms with E-state index in [2.05, 4.69) is 0 Å². The summed E-state index contributed by atoms with van der Waals surface area (Å²) < 4.78 is 40.6. The van der Waals surface area contributed by atoms with Crippen molar-refractivity contribution in [2.24, 2.45) is 11.1 Å². The van der Waals surface area contributed by atoms with Crippen molar-refractivity contribution in [1.82, 2.24) is 0 Å². The first-order valence-corrected chi connectivity index (χ1v) is 6.46. The minimum Gasteiger partial charge on any atom is -0.492 e. The molecule has 0 saturated heterocycles. The number of halogens is 1. The smallest absolute Gasteiger partial charge is 0.241 e. The van der Waals surface area contributed by atoms with Crippen molar-refractivity contribution >= 4 is 10.0 Å². The second-order valence-electron chi connectivity index (χ2n) is 3.89. The van der Waals surface area contributed by atoms with Crippen LogP contribution >= 0.6 is 0 Å². The van der Waals surface area contributed by atoms with Crippen LogP contribution in [0, 0.1) is 11.7 Å². The molecular formula is C10H12FNO3S. The number of hydrogen-bond acceptors (Lipinski definition) is 3. The first-order valence-electron chi connectivity index (χ1n) is 4.92. The van der Waals surface area contributed by atoms with Gasteiger partial charge in [-0.1, -0.05) is 0 Å². The molecule has 0 spiro atoms. The highest BCUT2D eigenvalue weighted by Crippen LogP contribution is 2.31. The van der Waals surface area contributed by atoms with Gasteiger partial charge in [0.15, 0.2) is 0 Å². The van der Waals surface area contributed by atoms with E-state index in [1.807, 2.05) is 0 Å². The van der Waals surface area contributed by atoms with E-state index >= 15 is 0 Å². The molecule has 1 aliphatic carbocycles. The zero-order chi connectivity index (χ0) is 11.8. The van der Waals surface area contributed by atoms with Crippen molar-refractivity contribution in [1.29, 1.82) is 0 Å². The van der Waals surface area contributed by atoms with E-state index in [4.69, 9.17) is 9.88 Å². The molecule has 1 fully saturated rings. The van der Waals surface area contributed by atoms with E-state index in [1.165, 1.54) is 0 Å². The summed E-state index contributed by atoms with van der Waals surface area (Å²) in [6, 6.07) is 3.21. The Hall–Kier alpha value is -1.14. The van der Waals surface area contributed by atoms with Gasteiger partial charge in [0.2, 0.25) is 10.0 Å². The second-order valence-corrected chi connectivity index (χ2v) is 5.42. The molecule has 0 radical (unpaired) electrons. The lowest BCUT2D eigenvalue weighted by Gasteiger charge is -2.09. The molecule has 1 saturated carbocycles. The third kappa shape index (κ3) is 2.70. The minimum absolute atomic E-state index is 0.00519. The molecule has 0 unspecified atom stereocenters. The molecule has 2 N–H and O–H groups in total. The normalized spacial score (nSPS) is 16.1. The number of benzene rings is 1. The Morgan fingerprint density at radius 1 is 1.44 bits per heavy atom. The number of nitrogens with two attached hydrogens (primary N) is 1. The monoisotopic (exact) mass is 245 g/mol. The molecule has 0 atom stereocenters. The Morgan fingerprint density at radius 3 is 2.69 bits per heavy atom. The highest BCUT2D eigenvalue weighted by atomic mass is 32.2. The van der Waals surface area contributed by atoms with E-state index in [1.54, 1.807) is 0 Å². The maximum Gasteiger partial charge on any atom is 0.241 e. The van der Waals surface area contributed by atoms with Gasteiger partial charge in [-0.15, -0.1) is 0 Å². The molecule has 0 amide bonds. The summed E-state index contributed by atoms with van der Waals surface area (Å²) in [5, 5.41) is 5.00. The van der Waals surface area contributed by atoms with Gasteiger partial charge in [0.1, 0.15) is 16.5 Å². The Morgan fingerprint density at radius 2 is 2.12 bits per heavy atom. The van der Waals surface area contributed by atoms with Crippen molar-refractivity contribution in [3.8, 4) is 5.75 Å². The maximum absolute atomic E-state index is 13.0. The molecular weight excluding hydrogens is 233 g/mol. The SMILES string of the molecule is NS(=O)(=O)c1ccc(F)cc1OCC1CC1. The molecule has 0 heterocycles. The summed E-state index contributed by atoms with van der Waals surface area (Å²) in [6.07, 6.45) is 2.14. The summed E-state index contributed by atoms with van der Waals surface area (Å²) in [4.78, 5) is -0.172. The predicted octanol–water partition coefficient (Wildman–Crippen LogP) is 1.26. The van der Waals surface area contributed by atoms with Gasteiger partial charge in [-0.2, -0.15) is 0 Å². The van der Waals surface area contributed by atoms with Crippen LogP contribution in [0.1, 0.15) is 12.8 Å². The highest BCUT2D eigenvalue weighted by Gasteiger charge is 2.23. The van der Waals surface area contributed by atoms with Gasteiger partial charge in [-0.25, -0.2) is 17.9 Å². The average Bonchev–Trinajstić information content (AvgIpc) is 2.96. The van der Waals surface area contributed by atoms with Crippen LogP contribution in [0.4, 0.5) is 4.39 Å². The van der Waals surface area contributed by atoms with Crippen LogP contribution in [0.2, 0.25) is 0 Å². The lowest BCUT2D eigenvalue weighted by atomic mass is 10.3.